The first-order valence-corrected chi connectivity index (χ1v) is 6.25. The van der Waals surface area contributed by atoms with Crippen LogP contribution < -0.4 is 5.32 Å². The fraction of sp³-hybridized carbons (Fsp3) is 0.143. The Bertz CT molecular complexity index is 667. The number of rotatable bonds is 3. The van der Waals surface area contributed by atoms with Gasteiger partial charge < -0.3 is 5.32 Å². The van der Waals surface area contributed by atoms with Crippen molar-refractivity contribution in [2.45, 2.75) is 13.0 Å². The van der Waals surface area contributed by atoms with Crippen molar-refractivity contribution < 1.29 is 4.79 Å². The van der Waals surface area contributed by atoms with Crippen LogP contribution in [-0.4, -0.2) is 15.9 Å². The number of nitrogens with one attached hydrogen (secondary N) is 1. The quantitative estimate of drug-likeness (QED) is 0.940. The first-order valence-electron chi connectivity index (χ1n) is 5.87. The number of hydrogen-bond acceptors (Lipinski definition) is 4. The molecule has 1 N–H and O–H groups in total. The van der Waals surface area contributed by atoms with Gasteiger partial charge in [-0.15, -0.1) is 0 Å². The summed E-state index contributed by atoms with van der Waals surface area (Å²) in [7, 11) is 0. The molecular weight excluding hydrogens is 276 g/mol. The third kappa shape index (κ3) is 3.31. The van der Waals surface area contributed by atoms with E-state index < -0.39 is 0 Å². The van der Waals surface area contributed by atoms with E-state index >= 15 is 0 Å². The summed E-state index contributed by atoms with van der Waals surface area (Å²) in [6, 6.07) is 6.18. The zero-order valence-electron chi connectivity index (χ0n) is 10.7. The lowest BCUT2D eigenvalue weighted by Crippen LogP contribution is -2.27. The van der Waals surface area contributed by atoms with Crippen LogP contribution in [0, 0.1) is 11.3 Å². The Kier molecular flexibility index (Phi) is 4.28. The lowest BCUT2D eigenvalue weighted by Gasteiger charge is -2.13. The van der Waals surface area contributed by atoms with Crippen LogP contribution in [-0.2, 0) is 0 Å². The minimum absolute atomic E-state index is 0.291. The molecular formula is C14H11ClN4O. The predicted octanol–water partition coefficient (Wildman–Crippen LogP) is 2.49. The Labute approximate surface area is 121 Å². The molecule has 0 fully saturated rings. The first kappa shape index (κ1) is 14.0. The maximum absolute atomic E-state index is 12.1. The van der Waals surface area contributed by atoms with Crippen molar-refractivity contribution in [3.63, 3.8) is 0 Å². The highest BCUT2D eigenvalue weighted by atomic mass is 35.5. The molecule has 1 aromatic carbocycles. The van der Waals surface area contributed by atoms with E-state index in [4.69, 9.17) is 16.9 Å². The molecule has 1 atom stereocenters. The first-order chi connectivity index (χ1) is 9.60. The molecule has 0 radical (unpaired) electrons. The second kappa shape index (κ2) is 6.13. The summed E-state index contributed by atoms with van der Waals surface area (Å²) >= 11 is 5.87. The van der Waals surface area contributed by atoms with Gasteiger partial charge >= 0.3 is 0 Å². The standard InChI is InChI=1S/C14H11ClN4O/c1-9(13-8-17-2-3-18-13)19-14(20)11-4-10(7-16)5-12(15)6-11/h2-6,8-9H,1H3,(H,19,20). The van der Waals surface area contributed by atoms with Crippen molar-refractivity contribution in [3.05, 3.63) is 58.6 Å². The monoisotopic (exact) mass is 286 g/mol. The van der Waals surface area contributed by atoms with Crippen LogP contribution in [0.1, 0.15) is 34.6 Å². The van der Waals surface area contributed by atoms with Crippen LogP contribution in [0.4, 0.5) is 0 Å². The molecule has 1 amide bonds. The van der Waals surface area contributed by atoms with E-state index in [9.17, 15) is 4.79 Å². The lowest BCUT2D eigenvalue weighted by molar-refractivity contribution is 0.0939. The molecule has 100 valence electrons. The summed E-state index contributed by atoms with van der Waals surface area (Å²) in [5, 5.41) is 12.0. The molecule has 2 aromatic rings. The largest absolute Gasteiger partial charge is 0.344 e. The van der Waals surface area contributed by atoms with Gasteiger partial charge in [-0.1, -0.05) is 11.6 Å². The van der Waals surface area contributed by atoms with Crippen molar-refractivity contribution in [3.8, 4) is 6.07 Å². The van der Waals surface area contributed by atoms with Crippen molar-refractivity contribution in [1.29, 1.82) is 5.26 Å². The summed E-state index contributed by atoms with van der Waals surface area (Å²) < 4.78 is 0. The molecule has 1 heterocycles. The van der Waals surface area contributed by atoms with Crippen LogP contribution in [0.2, 0.25) is 5.02 Å². The van der Waals surface area contributed by atoms with E-state index in [1.807, 2.05) is 6.07 Å². The number of halogens is 1. The van der Waals surface area contributed by atoms with Gasteiger partial charge in [0.1, 0.15) is 0 Å². The maximum Gasteiger partial charge on any atom is 0.251 e. The molecule has 0 bridgehead atoms. The van der Waals surface area contributed by atoms with Crippen molar-refractivity contribution in [2.75, 3.05) is 0 Å². The smallest absolute Gasteiger partial charge is 0.251 e. The Morgan fingerprint density at radius 3 is 2.85 bits per heavy atom. The fourth-order valence-corrected chi connectivity index (χ4v) is 1.91. The highest BCUT2D eigenvalue weighted by molar-refractivity contribution is 6.31. The van der Waals surface area contributed by atoms with Gasteiger partial charge in [-0.2, -0.15) is 5.26 Å². The minimum atomic E-state index is -0.317. The van der Waals surface area contributed by atoms with Gasteiger partial charge in [0.25, 0.3) is 5.91 Å². The molecule has 0 saturated carbocycles. The third-order valence-corrected chi connectivity index (χ3v) is 2.88. The molecule has 0 spiro atoms. The van der Waals surface area contributed by atoms with E-state index in [1.165, 1.54) is 18.2 Å². The highest BCUT2D eigenvalue weighted by Crippen LogP contribution is 2.16. The predicted molar refractivity (Wildman–Crippen MR) is 74.1 cm³/mol. The average molecular weight is 287 g/mol. The van der Waals surface area contributed by atoms with Gasteiger partial charge in [0.2, 0.25) is 0 Å². The van der Waals surface area contributed by atoms with Crippen molar-refractivity contribution in [1.82, 2.24) is 15.3 Å². The van der Waals surface area contributed by atoms with Gasteiger partial charge in [-0.05, 0) is 25.1 Å². The van der Waals surface area contributed by atoms with Crippen LogP contribution in [0.25, 0.3) is 0 Å². The number of nitrogens with zero attached hydrogens (tertiary/aromatic N) is 3. The number of carbonyl (C=O) groups excluding carboxylic acids is 1. The van der Waals surface area contributed by atoms with E-state index in [0.717, 1.165) is 0 Å². The normalized spacial score (nSPS) is 11.4. The van der Waals surface area contributed by atoms with Crippen LogP contribution in [0.3, 0.4) is 0 Å². The van der Waals surface area contributed by atoms with Crippen LogP contribution in [0.5, 0.6) is 0 Å². The minimum Gasteiger partial charge on any atom is -0.344 e. The molecule has 2 rings (SSSR count). The maximum atomic E-state index is 12.1. The summed E-state index contributed by atoms with van der Waals surface area (Å²) in [6.07, 6.45) is 4.71. The van der Waals surface area contributed by atoms with E-state index in [1.54, 1.807) is 25.5 Å². The third-order valence-electron chi connectivity index (χ3n) is 2.66. The van der Waals surface area contributed by atoms with Crippen LogP contribution >= 0.6 is 11.6 Å². The summed E-state index contributed by atoms with van der Waals surface area (Å²) in [6.45, 7) is 1.80. The zero-order valence-corrected chi connectivity index (χ0v) is 11.4. The fourth-order valence-electron chi connectivity index (χ4n) is 1.67. The molecule has 0 aliphatic heterocycles. The summed E-state index contributed by atoms with van der Waals surface area (Å²) in [4.78, 5) is 20.2. The summed E-state index contributed by atoms with van der Waals surface area (Å²) in [5.41, 5.74) is 1.34. The zero-order chi connectivity index (χ0) is 14.5. The van der Waals surface area contributed by atoms with Gasteiger partial charge in [-0.3, -0.25) is 14.8 Å². The number of benzene rings is 1. The van der Waals surface area contributed by atoms with Gasteiger partial charge in [-0.25, -0.2) is 0 Å². The molecule has 0 saturated heterocycles. The van der Waals surface area contributed by atoms with Gasteiger partial charge in [0.05, 0.1) is 29.6 Å². The topological polar surface area (TPSA) is 78.7 Å². The second-order valence-corrected chi connectivity index (χ2v) is 4.60. The highest BCUT2D eigenvalue weighted by Gasteiger charge is 2.13. The molecule has 1 aromatic heterocycles. The van der Waals surface area contributed by atoms with Crippen LogP contribution in [0.15, 0.2) is 36.8 Å². The average Bonchev–Trinajstić information content (AvgIpc) is 2.47. The number of carbonyl (C=O) groups is 1. The molecule has 1 unspecified atom stereocenters. The lowest BCUT2D eigenvalue weighted by atomic mass is 10.1. The number of nitriles is 1. The van der Waals surface area contributed by atoms with E-state index in [0.29, 0.717) is 21.8 Å². The number of amides is 1. The second-order valence-electron chi connectivity index (χ2n) is 4.17. The molecule has 20 heavy (non-hydrogen) atoms. The number of hydrogen-bond donors (Lipinski definition) is 1. The van der Waals surface area contributed by atoms with E-state index in [-0.39, 0.29) is 11.9 Å². The Balaban J connectivity index is 2.17. The van der Waals surface area contributed by atoms with Crippen molar-refractivity contribution >= 4 is 17.5 Å². The molecule has 0 aliphatic carbocycles. The molecule has 6 heteroatoms. The molecule has 5 nitrogen and oxygen atoms in total. The Morgan fingerprint density at radius 1 is 1.40 bits per heavy atom. The Hall–Kier alpha value is -2.45. The Morgan fingerprint density at radius 2 is 2.20 bits per heavy atom. The van der Waals surface area contributed by atoms with Crippen molar-refractivity contribution in [2.24, 2.45) is 0 Å². The summed E-state index contributed by atoms with van der Waals surface area (Å²) in [5.74, 6) is -0.317. The van der Waals surface area contributed by atoms with Gasteiger partial charge in [0, 0.05) is 23.0 Å². The molecule has 0 aliphatic rings. The SMILES string of the molecule is CC(NC(=O)c1cc(Cl)cc(C#N)c1)c1cnccn1. The number of aromatic nitrogens is 2. The van der Waals surface area contributed by atoms with Gasteiger partial charge in [0.15, 0.2) is 0 Å². The van der Waals surface area contributed by atoms with E-state index in [2.05, 4.69) is 15.3 Å².